The standard InChI is InChI=1S/C10H14N4O/c1-2-13-9-3-4-14(10(9)15)8-5-11-7-12-6-8/h5-7,9,13H,2-4H2,1H3. The molecule has 5 nitrogen and oxygen atoms in total. The molecule has 1 aliphatic rings. The van der Waals surface area contributed by atoms with Gasteiger partial charge in [0.15, 0.2) is 0 Å². The first-order chi connectivity index (χ1) is 7.33. The molecule has 1 fully saturated rings. The van der Waals surface area contributed by atoms with Crippen LogP contribution in [-0.4, -0.2) is 35.0 Å². The van der Waals surface area contributed by atoms with Crippen LogP contribution in [0.2, 0.25) is 0 Å². The summed E-state index contributed by atoms with van der Waals surface area (Å²) in [6, 6.07) is -0.0461. The normalized spacial score (nSPS) is 21.0. The van der Waals surface area contributed by atoms with Crippen molar-refractivity contribution in [1.29, 1.82) is 0 Å². The average Bonchev–Trinajstić information content (AvgIpc) is 2.63. The molecule has 1 amide bonds. The highest BCUT2D eigenvalue weighted by molar-refractivity contribution is 5.99. The molecule has 0 radical (unpaired) electrons. The number of aromatic nitrogens is 2. The Morgan fingerprint density at radius 2 is 2.27 bits per heavy atom. The van der Waals surface area contributed by atoms with Crippen molar-refractivity contribution >= 4 is 11.6 Å². The highest BCUT2D eigenvalue weighted by atomic mass is 16.2. The summed E-state index contributed by atoms with van der Waals surface area (Å²) in [7, 11) is 0. The molecule has 1 aromatic heterocycles. The van der Waals surface area contributed by atoms with Crippen LogP contribution in [0.15, 0.2) is 18.7 Å². The summed E-state index contributed by atoms with van der Waals surface area (Å²) < 4.78 is 0. The Hall–Kier alpha value is -1.49. The van der Waals surface area contributed by atoms with Crippen LogP contribution in [0, 0.1) is 0 Å². The van der Waals surface area contributed by atoms with E-state index in [9.17, 15) is 4.79 Å². The van der Waals surface area contributed by atoms with E-state index in [1.165, 1.54) is 6.33 Å². The van der Waals surface area contributed by atoms with Gasteiger partial charge in [-0.3, -0.25) is 4.79 Å². The van der Waals surface area contributed by atoms with Crippen LogP contribution < -0.4 is 10.2 Å². The van der Waals surface area contributed by atoms with Gasteiger partial charge in [-0.05, 0) is 13.0 Å². The minimum absolute atomic E-state index is 0.0461. The number of nitrogens with zero attached hydrogens (tertiary/aromatic N) is 3. The highest BCUT2D eigenvalue weighted by Crippen LogP contribution is 2.19. The third kappa shape index (κ3) is 1.97. The van der Waals surface area contributed by atoms with Gasteiger partial charge in [-0.2, -0.15) is 0 Å². The van der Waals surface area contributed by atoms with Crippen molar-refractivity contribution in [1.82, 2.24) is 15.3 Å². The van der Waals surface area contributed by atoms with Gasteiger partial charge in [-0.25, -0.2) is 9.97 Å². The van der Waals surface area contributed by atoms with Crippen molar-refractivity contribution in [3.63, 3.8) is 0 Å². The number of hydrogen-bond donors (Lipinski definition) is 1. The zero-order valence-corrected chi connectivity index (χ0v) is 8.68. The van der Waals surface area contributed by atoms with Crippen molar-refractivity contribution < 1.29 is 4.79 Å². The van der Waals surface area contributed by atoms with Crippen molar-refractivity contribution in [2.45, 2.75) is 19.4 Å². The summed E-state index contributed by atoms with van der Waals surface area (Å²) in [4.78, 5) is 21.5. The number of nitrogens with one attached hydrogen (secondary N) is 1. The Kier molecular flexibility index (Phi) is 2.91. The van der Waals surface area contributed by atoms with Crippen molar-refractivity contribution in [3.8, 4) is 0 Å². The monoisotopic (exact) mass is 206 g/mol. The van der Waals surface area contributed by atoms with Gasteiger partial charge < -0.3 is 10.2 Å². The van der Waals surface area contributed by atoms with Crippen LogP contribution >= 0.6 is 0 Å². The molecule has 5 heteroatoms. The predicted molar refractivity (Wildman–Crippen MR) is 56.5 cm³/mol. The number of anilines is 1. The second-order valence-corrected chi connectivity index (χ2v) is 3.49. The van der Waals surface area contributed by atoms with Gasteiger partial charge in [0.2, 0.25) is 5.91 Å². The lowest BCUT2D eigenvalue weighted by Crippen LogP contribution is -2.38. The van der Waals surface area contributed by atoms with Gasteiger partial charge in [-0.1, -0.05) is 6.92 Å². The van der Waals surface area contributed by atoms with Gasteiger partial charge in [0.25, 0.3) is 0 Å². The van der Waals surface area contributed by atoms with E-state index >= 15 is 0 Å². The fourth-order valence-corrected chi connectivity index (χ4v) is 1.80. The molecule has 2 heterocycles. The minimum atomic E-state index is -0.0461. The van der Waals surface area contributed by atoms with Gasteiger partial charge >= 0.3 is 0 Å². The van der Waals surface area contributed by atoms with E-state index in [1.807, 2.05) is 6.92 Å². The number of rotatable bonds is 3. The fourth-order valence-electron chi connectivity index (χ4n) is 1.80. The van der Waals surface area contributed by atoms with E-state index in [4.69, 9.17) is 0 Å². The average molecular weight is 206 g/mol. The Morgan fingerprint density at radius 3 is 2.93 bits per heavy atom. The molecule has 80 valence electrons. The molecule has 1 atom stereocenters. The zero-order chi connectivity index (χ0) is 10.7. The summed E-state index contributed by atoms with van der Waals surface area (Å²) in [5.74, 6) is 0.117. The zero-order valence-electron chi connectivity index (χ0n) is 8.68. The largest absolute Gasteiger partial charge is 0.308 e. The molecule has 0 aliphatic carbocycles. The lowest BCUT2D eigenvalue weighted by molar-refractivity contribution is -0.118. The lowest BCUT2D eigenvalue weighted by Gasteiger charge is -2.15. The first kappa shape index (κ1) is 10.0. The second-order valence-electron chi connectivity index (χ2n) is 3.49. The minimum Gasteiger partial charge on any atom is -0.308 e. The van der Waals surface area contributed by atoms with E-state index in [-0.39, 0.29) is 11.9 Å². The molecule has 2 rings (SSSR count). The van der Waals surface area contributed by atoms with Gasteiger partial charge in [0, 0.05) is 6.54 Å². The van der Waals surface area contributed by atoms with Crippen LogP contribution in [0.25, 0.3) is 0 Å². The molecule has 1 unspecified atom stereocenters. The molecular weight excluding hydrogens is 192 g/mol. The number of likely N-dealkylation sites (N-methyl/N-ethyl adjacent to an activating group) is 1. The summed E-state index contributed by atoms with van der Waals surface area (Å²) in [5.41, 5.74) is 0.780. The smallest absolute Gasteiger partial charge is 0.244 e. The quantitative estimate of drug-likeness (QED) is 0.767. The van der Waals surface area contributed by atoms with Crippen molar-refractivity contribution in [3.05, 3.63) is 18.7 Å². The molecule has 1 aliphatic heterocycles. The maximum absolute atomic E-state index is 11.9. The Labute approximate surface area is 88.5 Å². The number of carbonyl (C=O) groups is 1. The van der Waals surface area contributed by atoms with E-state index in [1.54, 1.807) is 17.3 Å². The molecule has 0 aromatic carbocycles. The summed E-state index contributed by atoms with van der Waals surface area (Å²) in [6.07, 6.45) is 5.64. The van der Waals surface area contributed by atoms with Crippen LogP contribution in [0.3, 0.4) is 0 Å². The first-order valence-electron chi connectivity index (χ1n) is 5.12. The first-order valence-corrected chi connectivity index (χ1v) is 5.12. The van der Waals surface area contributed by atoms with Crippen molar-refractivity contribution in [2.75, 3.05) is 18.0 Å². The maximum Gasteiger partial charge on any atom is 0.244 e. The predicted octanol–water partition coefficient (Wildman–Crippen LogP) is 0.191. The van der Waals surface area contributed by atoms with Crippen LogP contribution in [0.1, 0.15) is 13.3 Å². The summed E-state index contributed by atoms with van der Waals surface area (Å²) in [5, 5.41) is 3.16. The molecule has 15 heavy (non-hydrogen) atoms. The molecule has 1 aromatic rings. The van der Waals surface area contributed by atoms with Gasteiger partial charge in [0.05, 0.1) is 24.1 Å². The molecule has 0 spiro atoms. The Morgan fingerprint density at radius 1 is 1.53 bits per heavy atom. The second kappa shape index (κ2) is 4.35. The topological polar surface area (TPSA) is 58.1 Å². The van der Waals surface area contributed by atoms with Crippen LogP contribution in [0.5, 0.6) is 0 Å². The number of amides is 1. The van der Waals surface area contributed by atoms with Gasteiger partial charge in [-0.15, -0.1) is 0 Å². The van der Waals surface area contributed by atoms with E-state index in [2.05, 4.69) is 15.3 Å². The van der Waals surface area contributed by atoms with Crippen LogP contribution in [-0.2, 0) is 4.79 Å². The van der Waals surface area contributed by atoms with Crippen LogP contribution in [0.4, 0.5) is 5.69 Å². The molecule has 0 saturated carbocycles. The Balaban J connectivity index is 2.11. The Bertz CT molecular complexity index is 341. The maximum atomic E-state index is 11.9. The molecule has 0 bridgehead atoms. The lowest BCUT2D eigenvalue weighted by atomic mass is 10.2. The van der Waals surface area contributed by atoms with E-state index in [0.717, 1.165) is 25.2 Å². The third-order valence-corrected chi connectivity index (χ3v) is 2.51. The SMILES string of the molecule is CCNC1CCN(c2cncnc2)C1=O. The fraction of sp³-hybridized carbons (Fsp3) is 0.500. The molecule has 1 saturated heterocycles. The summed E-state index contributed by atoms with van der Waals surface area (Å²) in [6.45, 7) is 3.56. The molecule has 1 N–H and O–H groups in total. The molecular formula is C10H14N4O. The third-order valence-electron chi connectivity index (χ3n) is 2.51. The van der Waals surface area contributed by atoms with Crippen molar-refractivity contribution in [2.24, 2.45) is 0 Å². The van der Waals surface area contributed by atoms with Gasteiger partial charge in [0.1, 0.15) is 6.33 Å². The number of carbonyl (C=O) groups excluding carboxylic acids is 1. The van der Waals surface area contributed by atoms with E-state index in [0.29, 0.717) is 0 Å². The summed E-state index contributed by atoms with van der Waals surface area (Å²) >= 11 is 0. The number of hydrogen-bond acceptors (Lipinski definition) is 4. The van der Waals surface area contributed by atoms with E-state index < -0.39 is 0 Å². The highest BCUT2D eigenvalue weighted by Gasteiger charge is 2.31.